The Labute approximate surface area is 160 Å². The molecule has 0 aliphatic heterocycles. The molecule has 1 aromatic heterocycles. The third kappa shape index (κ3) is 9.18. The number of hydrogen-bond acceptors (Lipinski definition) is 8. The summed E-state index contributed by atoms with van der Waals surface area (Å²) in [5.41, 5.74) is 1.41. The Morgan fingerprint density at radius 1 is 0.966 bits per heavy atom. The van der Waals surface area contributed by atoms with Gasteiger partial charge in [-0.25, -0.2) is 4.79 Å². The molecule has 0 fully saturated rings. The van der Waals surface area contributed by atoms with Gasteiger partial charge in [-0.05, 0) is 11.6 Å². The number of rotatable bonds is 7. The molecule has 1 heterocycles. The molecule has 2 aromatic rings. The van der Waals surface area contributed by atoms with E-state index in [-0.39, 0.29) is 19.6 Å². The standard InChI is InChI=1S/C13H13N5O4.C2HF3O2/c19-11(20)6-18(7-12(21)22)5-9-2-1-3-10(4-9)13-16-14-8-15-17-13;3-2(4,5)1(6)7/h1-4,8H,5-7H2,(H,19,20)(H,21,22);(H,6,7). The Morgan fingerprint density at radius 2 is 1.48 bits per heavy atom. The maximum Gasteiger partial charge on any atom is 0.490 e. The van der Waals surface area contributed by atoms with Gasteiger partial charge < -0.3 is 15.3 Å². The molecule has 1 aromatic carbocycles. The summed E-state index contributed by atoms with van der Waals surface area (Å²) >= 11 is 0. The molecule has 0 unspecified atom stereocenters. The van der Waals surface area contributed by atoms with Crippen LogP contribution in [0, 0.1) is 0 Å². The van der Waals surface area contributed by atoms with E-state index in [0.29, 0.717) is 11.4 Å². The zero-order valence-electron chi connectivity index (χ0n) is 14.4. The van der Waals surface area contributed by atoms with Crippen molar-refractivity contribution in [1.29, 1.82) is 0 Å². The first-order chi connectivity index (χ1) is 13.5. The summed E-state index contributed by atoms with van der Waals surface area (Å²) < 4.78 is 31.7. The van der Waals surface area contributed by atoms with E-state index in [1.165, 1.54) is 11.2 Å². The highest BCUT2D eigenvalue weighted by Crippen LogP contribution is 2.16. The fourth-order valence-electron chi connectivity index (χ4n) is 1.94. The largest absolute Gasteiger partial charge is 0.490 e. The van der Waals surface area contributed by atoms with Gasteiger partial charge in [0.25, 0.3) is 0 Å². The molecule has 3 N–H and O–H groups in total. The number of carboxylic acids is 3. The molecule has 0 bridgehead atoms. The highest BCUT2D eigenvalue weighted by molar-refractivity contribution is 5.73. The van der Waals surface area contributed by atoms with Crippen molar-refractivity contribution < 1.29 is 42.9 Å². The van der Waals surface area contributed by atoms with Gasteiger partial charge >= 0.3 is 24.1 Å². The van der Waals surface area contributed by atoms with Crippen LogP contribution in [0.5, 0.6) is 0 Å². The van der Waals surface area contributed by atoms with Gasteiger partial charge in [-0.3, -0.25) is 14.5 Å². The highest BCUT2D eigenvalue weighted by atomic mass is 19.4. The van der Waals surface area contributed by atoms with Crippen LogP contribution in [-0.4, -0.2) is 77.8 Å². The predicted octanol–water partition coefficient (Wildman–Crippen LogP) is 0.538. The molecule has 0 saturated carbocycles. The Hall–Kier alpha value is -3.68. The molecule has 0 atom stereocenters. The lowest BCUT2D eigenvalue weighted by atomic mass is 10.1. The maximum absolute atomic E-state index is 10.8. The van der Waals surface area contributed by atoms with Crippen molar-refractivity contribution in [3.05, 3.63) is 36.2 Å². The molecule has 11 nitrogen and oxygen atoms in total. The van der Waals surface area contributed by atoms with Gasteiger partial charge in [0.15, 0.2) is 6.33 Å². The van der Waals surface area contributed by atoms with Crippen molar-refractivity contribution in [3.8, 4) is 11.4 Å². The lowest BCUT2D eigenvalue weighted by Gasteiger charge is -2.18. The van der Waals surface area contributed by atoms with Gasteiger partial charge in [0.05, 0.1) is 13.1 Å². The summed E-state index contributed by atoms with van der Waals surface area (Å²) in [6.07, 6.45) is -3.87. The molecule has 0 saturated heterocycles. The first-order valence-electron chi connectivity index (χ1n) is 7.54. The molecule has 0 spiro atoms. The maximum atomic E-state index is 10.8. The highest BCUT2D eigenvalue weighted by Gasteiger charge is 2.38. The van der Waals surface area contributed by atoms with Crippen LogP contribution in [0.15, 0.2) is 30.6 Å². The second-order valence-corrected chi connectivity index (χ2v) is 5.31. The van der Waals surface area contributed by atoms with Gasteiger partial charge in [0.2, 0.25) is 5.82 Å². The average Bonchev–Trinajstić information content (AvgIpc) is 2.61. The van der Waals surface area contributed by atoms with E-state index in [4.69, 9.17) is 20.1 Å². The monoisotopic (exact) mass is 417 g/mol. The summed E-state index contributed by atoms with van der Waals surface area (Å²) in [5.74, 6) is -4.59. The molecule has 0 aliphatic rings. The lowest BCUT2D eigenvalue weighted by Crippen LogP contribution is -2.33. The van der Waals surface area contributed by atoms with Crippen LogP contribution < -0.4 is 0 Å². The number of aliphatic carboxylic acids is 3. The van der Waals surface area contributed by atoms with Crippen molar-refractivity contribution in [2.24, 2.45) is 0 Å². The van der Waals surface area contributed by atoms with Crippen molar-refractivity contribution >= 4 is 17.9 Å². The zero-order valence-corrected chi connectivity index (χ0v) is 14.4. The van der Waals surface area contributed by atoms with Gasteiger partial charge in [-0.15, -0.1) is 20.4 Å². The Balaban J connectivity index is 0.000000516. The van der Waals surface area contributed by atoms with Crippen molar-refractivity contribution in [2.45, 2.75) is 12.7 Å². The lowest BCUT2D eigenvalue weighted by molar-refractivity contribution is -0.192. The zero-order chi connectivity index (χ0) is 22.0. The molecule has 0 aliphatic carbocycles. The third-order valence-electron chi connectivity index (χ3n) is 2.96. The Kier molecular flexibility index (Phi) is 8.54. The molecular formula is C15H14F3N5O6. The molecule has 156 valence electrons. The molecule has 29 heavy (non-hydrogen) atoms. The van der Waals surface area contributed by atoms with E-state index in [1.807, 2.05) is 0 Å². The molecule has 0 radical (unpaired) electrons. The van der Waals surface area contributed by atoms with Crippen molar-refractivity contribution in [3.63, 3.8) is 0 Å². The first kappa shape index (κ1) is 23.4. The summed E-state index contributed by atoms with van der Waals surface area (Å²) in [7, 11) is 0. The normalized spacial score (nSPS) is 10.8. The van der Waals surface area contributed by atoms with Crippen LogP contribution in [0.1, 0.15) is 5.56 Å². The van der Waals surface area contributed by atoms with Gasteiger partial charge in [0, 0.05) is 12.1 Å². The number of alkyl halides is 3. The third-order valence-corrected chi connectivity index (χ3v) is 2.96. The molecule has 14 heteroatoms. The fraction of sp³-hybridized carbons (Fsp3) is 0.267. The Morgan fingerprint density at radius 3 is 1.93 bits per heavy atom. The van der Waals surface area contributed by atoms with E-state index >= 15 is 0 Å². The van der Waals surface area contributed by atoms with Crippen LogP contribution in [0.3, 0.4) is 0 Å². The van der Waals surface area contributed by atoms with Crippen LogP contribution in [0.25, 0.3) is 11.4 Å². The SMILES string of the molecule is O=C(O)C(F)(F)F.O=C(O)CN(CC(=O)O)Cc1cccc(-c2nncnn2)c1. The quantitative estimate of drug-likeness (QED) is 0.575. The van der Waals surface area contributed by atoms with E-state index in [1.54, 1.807) is 24.3 Å². The second-order valence-electron chi connectivity index (χ2n) is 5.31. The number of carboxylic acid groups (broad SMARTS) is 3. The van der Waals surface area contributed by atoms with E-state index < -0.39 is 24.1 Å². The van der Waals surface area contributed by atoms with E-state index in [9.17, 15) is 22.8 Å². The minimum absolute atomic E-state index is 0.181. The molecular weight excluding hydrogens is 403 g/mol. The molecule has 0 amide bonds. The minimum atomic E-state index is -5.08. The van der Waals surface area contributed by atoms with Crippen LogP contribution in [-0.2, 0) is 20.9 Å². The van der Waals surface area contributed by atoms with E-state index in [2.05, 4.69) is 20.4 Å². The van der Waals surface area contributed by atoms with Gasteiger partial charge in [-0.1, -0.05) is 18.2 Å². The van der Waals surface area contributed by atoms with Crippen molar-refractivity contribution in [2.75, 3.05) is 13.1 Å². The first-order valence-corrected chi connectivity index (χ1v) is 7.54. The predicted molar refractivity (Wildman–Crippen MR) is 87.3 cm³/mol. The average molecular weight is 417 g/mol. The molecule has 2 rings (SSSR count). The number of halogens is 3. The summed E-state index contributed by atoms with van der Waals surface area (Å²) in [5, 5.41) is 39.8. The van der Waals surface area contributed by atoms with Gasteiger partial charge in [0.1, 0.15) is 0 Å². The Bertz CT molecular complexity index is 834. The number of hydrogen-bond donors (Lipinski definition) is 3. The second kappa shape index (κ2) is 10.6. The van der Waals surface area contributed by atoms with Crippen molar-refractivity contribution in [1.82, 2.24) is 25.3 Å². The topological polar surface area (TPSA) is 167 Å². The van der Waals surface area contributed by atoms with Crippen LogP contribution in [0.2, 0.25) is 0 Å². The van der Waals surface area contributed by atoms with Crippen LogP contribution in [0.4, 0.5) is 13.2 Å². The fourth-order valence-corrected chi connectivity index (χ4v) is 1.94. The number of benzene rings is 1. The summed E-state index contributed by atoms with van der Waals surface area (Å²) in [4.78, 5) is 31.8. The van der Waals surface area contributed by atoms with Crippen LogP contribution >= 0.6 is 0 Å². The number of carbonyl (C=O) groups is 3. The number of aromatic nitrogens is 4. The van der Waals surface area contributed by atoms with Gasteiger partial charge in [-0.2, -0.15) is 13.2 Å². The van der Waals surface area contributed by atoms with E-state index in [0.717, 1.165) is 5.56 Å². The minimum Gasteiger partial charge on any atom is -0.480 e. The smallest absolute Gasteiger partial charge is 0.480 e. The summed E-state index contributed by atoms with van der Waals surface area (Å²) in [6, 6.07) is 7.03. The summed E-state index contributed by atoms with van der Waals surface area (Å²) in [6.45, 7) is -0.539. The number of nitrogens with zero attached hydrogens (tertiary/aromatic N) is 5.